The van der Waals surface area contributed by atoms with Crippen LogP contribution in [0.5, 0.6) is 5.75 Å². The summed E-state index contributed by atoms with van der Waals surface area (Å²) in [7, 11) is 0. The molecule has 0 aliphatic heterocycles. The molecular formula is C20H15ClFN3O2. The molecule has 0 bridgehead atoms. The summed E-state index contributed by atoms with van der Waals surface area (Å²) in [5, 5.41) is 11.1. The maximum absolute atomic E-state index is 13.0. The lowest BCUT2D eigenvalue weighted by Gasteiger charge is -2.09. The van der Waals surface area contributed by atoms with E-state index in [4.69, 9.17) is 16.3 Å². The van der Waals surface area contributed by atoms with Crippen LogP contribution in [0.15, 0.2) is 83.0 Å². The average molecular weight is 384 g/mol. The van der Waals surface area contributed by atoms with Crippen LogP contribution in [0.4, 0.5) is 21.5 Å². The van der Waals surface area contributed by atoms with Gasteiger partial charge in [0.2, 0.25) is 0 Å². The van der Waals surface area contributed by atoms with Gasteiger partial charge in [-0.05, 0) is 54.6 Å². The smallest absolute Gasteiger partial charge is 0.262 e. The number of ether oxygens (including phenoxy) is 1. The zero-order valence-corrected chi connectivity index (χ0v) is 14.9. The van der Waals surface area contributed by atoms with Crippen LogP contribution in [0.1, 0.15) is 0 Å². The molecule has 0 radical (unpaired) electrons. The lowest BCUT2D eigenvalue weighted by atomic mass is 10.3. The molecule has 0 unspecified atom stereocenters. The van der Waals surface area contributed by atoms with Gasteiger partial charge in [-0.25, -0.2) is 4.39 Å². The van der Waals surface area contributed by atoms with Gasteiger partial charge in [0.05, 0.1) is 16.4 Å². The molecule has 0 aliphatic carbocycles. The van der Waals surface area contributed by atoms with Crippen LogP contribution in [0.25, 0.3) is 0 Å². The first-order valence-electron chi connectivity index (χ1n) is 8.05. The quantitative estimate of drug-likeness (QED) is 0.537. The zero-order valence-electron chi connectivity index (χ0n) is 14.1. The summed E-state index contributed by atoms with van der Waals surface area (Å²) in [6, 6.07) is 20.0. The Morgan fingerprint density at radius 3 is 2.30 bits per heavy atom. The van der Waals surface area contributed by atoms with E-state index in [2.05, 4.69) is 15.5 Å². The highest BCUT2D eigenvalue weighted by molar-refractivity contribution is 6.32. The molecular weight excluding hydrogens is 369 g/mol. The number of hydrogen-bond acceptors (Lipinski definition) is 4. The number of azo groups is 1. The molecule has 136 valence electrons. The summed E-state index contributed by atoms with van der Waals surface area (Å²) in [6.07, 6.45) is 0. The third kappa shape index (κ3) is 5.62. The average Bonchev–Trinajstić information content (AvgIpc) is 2.67. The zero-order chi connectivity index (χ0) is 19.1. The highest BCUT2D eigenvalue weighted by Gasteiger charge is 2.07. The Balaban J connectivity index is 1.53. The summed E-state index contributed by atoms with van der Waals surface area (Å²) < 4.78 is 18.3. The van der Waals surface area contributed by atoms with Crippen molar-refractivity contribution >= 4 is 34.6 Å². The molecule has 5 nitrogen and oxygen atoms in total. The topological polar surface area (TPSA) is 63.0 Å². The van der Waals surface area contributed by atoms with Gasteiger partial charge in [0, 0.05) is 5.69 Å². The molecule has 0 spiro atoms. The number of benzene rings is 3. The van der Waals surface area contributed by atoms with E-state index in [0.717, 1.165) is 11.8 Å². The van der Waals surface area contributed by atoms with Crippen molar-refractivity contribution in [3.05, 3.63) is 83.6 Å². The Labute approximate surface area is 160 Å². The molecule has 0 fully saturated rings. The lowest BCUT2D eigenvalue weighted by Crippen LogP contribution is -2.20. The molecule has 3 rings (SSSR count). The molecule has 3 aromatic rings. The summed E-state index contributed by atoms with van der Waals surface area (Å²) in [6.45, 7) is -0.249. The van der Waals surface area contributed by atoms with Gasteiger partial charge in [0.1, 0.15) is 11.6 Å². The number of nitrogens with zero attached hydrogens (tertiary/aromatic N) is 2. The molecule has 0 heterocycles. The maximum atomic E-state index is 13.0. The highest BCUT2D eigenvalue weighted by Crippen LogP contribution is 2.25. The number of carbonyl (C=O) groups excluding carboxylic acids is 1. The van der Waals surface area contributed by atoms with E-state index >= 15 is 0 Å². The van der Waals surface area contributed by atoms with E-state index in [1.165, 1.54) is 12.1 Å². The van der Waals surface area contributed by atoms with Gasteiger partial charge in [-0.1, -0.05) is 29.8 Å². The van der Waals surface area contributed by atoms with Crippen molar-refractivity contribution < 1.29 is 13.9 Å². The number of rotatable bonds is 6. The third-order valence-electron chi connectivity index (χ3n) is 3.44. The van der Waals surface area contributed by atoms with Crippen LogP contribution in [-0.2, 0) is 4.79 Å². The van der Waals surface area contributed by atoms with E-state index in [1.54, 1.807) is 24.3 Å². The molecule has 7 heteroatoms. The highest BCUT2D eigenvalue weighted by atomic mass is 35.5. The largest absolute Gasteiger partial charge is 0.482 e. The van der Waals surface area contributed by atoms with Gasteiger partial charge in [-0.2, -0.15) is 10.2 Å². The third-order valence-corrected chi connectivity index (χ3v) is 3.74. The van der Waals surface area contributed by atoms with Gasteiger partial charge >= 0.3 is 0 Å². The van der Waals surface area contributed by atoms with Crippen LogP contribution in [0, 0.1) is 5.82 Å². The first-order valence-corrected chi connectivity index (χ1v) is 8.42. The minimum atomic E-state index is -0.471. The van der Waals surface area contributed by atoms with E-state index in [0.29, 0.717) is 11.4 Å². The van der Waals surface area contributed by atoms with Crippen molar-refractivity contribution in [2.24, 2.45) is 10.2 Å². The standard InChI is InChI=1S/C20H15ClFN3O2/c21-18-12-14(22)6-11-19(18)27-13-20(26)23-15-7-9-17(10-8-15)25-24-16-4-2-1-3-5-16/h1-12H,13H2,(H,23,26). The molecule has 0 aromatic heterocycles. The fourth-order valence-electron chi connectivity index (χ4n) is 2.15. The molecule has 0 atom stereocenters. The number of nitrogens with one attached hydrogen (secondary N) is 1. The minimum Gasteiger partial charge on any atom is -0.482 e. The summed E-state index contributed by atoms with van der Waals surface area (Å²) in [5.74, 6) is -0.597. The second-order valence-electron chi connectivity index (χ2n) is 5.49. The number of anilines is 1. The van der Waals surface area contributed by atoms with Crippen LogP contribution in [0.2, 0.25) is 5.02 Å². The maximum Gasteiger partial charge on any atom is 0.262 e. The fourth-order valence-corrected chi connectivity index (χ4v) is 2.38. The summed E-state index contributed by atoms with van der Waals surface area (Å²) >= 11 is 5.85. The second kappa shape index (κ2) is 8.91. The van der Waals surface area contributed by atoms with Crippen LogP contribution in [0.3, 0.4) is 0 Å². The first kappa shape index (κ1) is 18.5. The van der Waals surface area contributed by atoms with E-state index < -0.39 is 5.82 Å². The first-order chi connectivity index (χ1) is 13.1. The van der Waals surface area contributed by atoms with Gasteiger partial charge in [-0.3, -0.25) is 4.79 Å². The lowest BCUT2D eigenvalue weighted by molar-refractivity contribution is -0.118. The van der Waals surface area contributed by atoms with E-state index in [-0.39, 0.29) is 23.3 Å². The Bertz CT molecular complexity index is 947. The monoisotopic (exact) mass is 383 g/mol. The molecule has 0 saturated heterocycles. The minimum absolute atomic E-state index is 0.107. The van der Waals surface area contributed by atoms with Crippen molar-refractivity contribution in [2.45, 2.75) is 0 Å². The van der Waals surface area contributed by atoms with E-state index in [1.807, 2.05) is 30.3 Å². The normalized spacial score (nSPS) is 10.7. The van der Waals surface area contributed by atoms with Crippen LogP contribution < -0.4 is 10.1 Å². The fraction of sp³-hybridized carbons (Fsp3) is 0.0500. The molecule has 1 amide bonds. The van der Waals surface area contributed by atoms with Crippen molar-refractivity contribution in [3.8, 4) is 5.75 Å². The predicted octanol–water partition coefficient (Wildman–Crippen LogP) is 5.91. The number of halogens is 2. The Kier molecular flexibility index (Phi) is 6.12. The van der Waals surface area contributed by atoms with Crippen molar-refractivity contribution in [1.29, 1.82) is 0 Å². The molecule has 3 aromatic carbocycles. The Hall–Kier alpha value is -3.25. The number of carbonyl (C=O) groups is 1. The predicted molar refractivity (Wildman–Crippen MR) is 103 cm³/mol. The van der Waals surface area contributed by atoms with Gasteiger partial charge in [0.25, 0.3) is 5.91 Å². The Morgan fingerprint density at radius 2 is 1.63 bits per heavy atom. The molecule has 0 aliphatic rings. The van der Waals surface area contributed by atoms with Crippen molar-refractivity contribution in [1.82, 2.24) is 0 Å². The van der Waals surface area contributed by atoms with Crippen LogP contribution in [-0.4, -0.2) is 12.5 Å². The molecule has 0 saturated carbocycles. The second-order valence-corrected chi connectivity index (χ2v) is 5.90. The van der Waals surface area contributed by atoms with Crippen molar-refractivity contribution in [2.75, 3.05) is 11.9 Å². The summed E-state index contributed by atoms with van der Waals surface area (Å²) in [4.78, 5) is 12.0. The van der Waals surface area contributed by atoms with Gasteiger partial charge < -0.3 is 10.1 Å². The molecule has 27 heavy (non-hydrogen) atoms. The number of hydrogen-bond donors (Lipinski definition) is 1. The van der Waals surface area contributed by atoms with Gasteiger partial charge in [0.15, 0.2) is 6.61 Å². The SMILES string of the molecule is O=C(COc1ccc(F)cc1Cl)Nc1ccc(N=Nc2ccccc2)cc1. The van der Waals surface area contributed by atoms with Crippen LogP contribution >= 0.6 is 11.6 Å². The van der Waals surface area contributed by atoms with Gasteiger partial charge in [-0.15, -0.1) is 0 Å². The van der Waals surface area contributed by atoms with Crippen molar-refractivity contribution in [3.63, 3.8) is 0 Å². The van der Waals surface area contributed by atoms with E-state index in [9.17, 15) is 9.18 Å². The number of amides is 1. The Morgan fingerprint density at radius 1 is 0.963 bits per heavy atom. The summed E-state index contributed by atoms with van der Waals surface area (Å²) in [5.41, 5.74) is 2.00. The molecule has 1 N–H and O–H groups in total.